The Kier molecular flexibility index (Phi) is 3.77. The Bertz CT molecular complexity index is 550. The first kappa shape index (κ1) is 13.2. The lowest BCUT2D eigenvalue weighted by molar-refractivity contribution is 1.11. The van der Waals surface area contributed by atoms with Crippen molar-refractivity contribution in [1.82, 2.24) is 0 Å². The molecule has 0 radical (unpaired) electrons. The van der Waals surface area contributed by atoms with Gasteiger partial charge < -0.3 is 0 Å². The van der Waals surface area contributed by atoms with E-state index in [1.54, 1.807) is 0 Å². The van der Waals surface area contributed by atoms with Crippen molar-refractivity contribution in [1.29, 1.82) is 0 Å². The molecule has 0 aliphatic carbocycles. The first-order chi connectivity index (χ1) is 8.47. The Morgan fingerprint density at radius 1 is 0.722 bits per heavy atom. The average Bonchev–Trinajstić information content (AvgIpc) is 2.30. The van der Waals surface area contributed by atoms with E-state index in [4.69, 9.17) is 11.6 Å². The van der Waals surface area contributed by atoms with Gasteiger partial charge in [-0.25, -0.2) is 0 Å². The summed E-state index contributed by atoms with van der Waals surface area (Å²) in [5, 5.41) is -0.0668. The minimum Gasteiger partial charge on any atom is -0.113 e. The predicted molar refractivity (Wildman–Crippen MR) is 79.5 cm³/mol. The Balaban J connectivity index is 2.40. The van der Waals surface area contributed by atoms with Crippen molar-refractivity contribution in [3.05, 3.63) is 69.8 Å². The van der Waals surface area contributed by atoms with Gasteiger partial charge in [0.15, 0.2) is 0 Å². The molecular weight excluding hydrogens is 240 g/mol. The Morgan fingerprint density at radius 2 is 1.33 bits per heavy atom. The highest BCUT2D eigenvalue weighted by atomic mass is 35.5. The van der Waals surface area contributed by atoms with E-state index in [-0.39, 0.29) is 5.38 Å². The van der Waals surface area contributed by atoms with Gasteiger partial charge in [0, 0.05) is 0 Å². The average molecular weight is 259 g/mol. The van der Waals surface area contributed by atoms with Crippen LogP contribution in [0.2, 0.25) is 0 Å². The molecule has 0 saturated carbocycles. The third kappa shape index (κ3) is 2.76. The van der Waals surface area contributed by atoms with Gasteiger partial charge in [-0.2, -0.15) is 0 Å². The van der Waals surface area contributed by atoms with Crippen molar-refractivity contribution in [2.45, 2.75) is 33.1 Å². The molecule has 1 heteroatoms. The van der Waals surface area contributed by atoms with Gasteiger partial charge >= 0.3 is 0 Å². The van der Waals surface area contributed by atoms with Crippen molar-refractivity contribution < 1.29 is 0 Å². The molecule has 18 heavy (non-hydrogen) atoms. The van der Waals surface area contributed by atoms with Gasteiger partial charge in [0.2, 0.25) is 0 Å². The highest BCUT2D eigenvalue weighted by Crippen LogP contribution is 2.31. The summed E-state index contributed by atoms with van der Waals surface area (Å²) >= 11 is 6.60. The zero-order valence-electron chi connectivity index (χ0n) is 11.4. The van der Waals surface area contributed by atoms with Crippen LogP contribution in [0.25, 0.3) is 0 Å². The highest BCUT2D eigenvalue weighted by molar-refractivity contribution is 6.22. The van der Waals surface area contributed by atoms with Crippen LogP contribution < -0.4 is 0 Å². The van der Waals surface area contributed by atoms with E-state index in [0.717, 1.165) is 0 Å². The molecule has 0 spiro atoms. The summed E-state index contributed by atoms with van der Waals surface area (Å²) in [6.45, 7) is 8.48. The van der Waals surface area contributed by atoms with Gasteiger partial charge in [0.1, 0.15) is 0 Å². The zero-order valence-corrected chi connectivity index (χ0v) is 12.2. The molecule has 1 unspecified atom stereocenters. The standard InChI is InChI=1S/C17H19Cl/c1-11-7-12(2)9-16(8-11)17(18)15-6-5-13(3)14(4)10-15/h5-10,17H,1-4H3. The minimum atomic E-state index is -0.0668. The van der Waals surface area contributed by atoms with Crippen LogP contribution in [0.5, 0.6) is 0 Å². The molecule has 0 heterocycles. The summed E-state index contributed by atoms with van der Waals surface area (Å²) in [7, 11) is 0. The molecule has 0 aliphatic heterocycles. The monoisotopic (exact) mass is 258 g/mol. The Hall–Kier alpha value is -1.27. The van der Waals surface area contributed by atoms with Gasteiger partial charge in [0.25, 0.3) is 0 Å². The van der Waals surface area contributed by atoms with Crippen LogP contribution in [0, 0.1) is 27.7 Å². The van der Waals surface area contributed by atoms with Crippen LogP contribution in [-0.2, 0) is 0 Å². The molecule has 1 atom stereocenters. The number of rotatable bonds is 2. The van der Waals surface area contributed by atoms with Crippen molar-refractivity contribution in [2.24, 2.45) is 0 Å². The zero-order chi connectivity index (χ0) is 13.3. The summed E-state index contributed by atoms with van der Waals surface area (Å²) in [4.78, 5) is 0. The third-order valence-electron chi connectivity index (χ3n) is 3.36. The van der Waals surface area contributed by atoms with Crippen LogP contribution in [0.4, 0.5) is 0 Å². The SMILES string of the molecule is Cc1cc(C)cc(C(Cl)c2ccc(C)c(C)c2)c1. The van der Waals surface area contributed by atoms with E-state index < -0.39 is 0 Å². The second-order valence-electron chi connectivity index (χ2n) is 5.13. The summed E-state index contributed by atoms with van der Waals surface area (Å²) < 4.78 is 0. The minimum absolute atomic E-state index is 0.0668. The van der Waals surface area contributed by atoms with Crippen molar-refractivity contribution >= 4 is 11.6 Å². The normalized spacial score (nSPS) is 12.5. The van der Waals surface area contributed by atoms with E-state index in [1.165, 1.54) is 33.4 Å². The molecule has 0 aromatic heterocycles. The molecule has 0 bridgehead atoms. The molecule has 2 rings (SSSR count). The molecule has 0 N–H and O–H groups in total. The highest BCUT2D eigenvalue weighted by Gasteiger charge is 2.12. The molecule has 94 valence electrons. The van der Waals surface area contributed by atoms with Gasteiger partial charge in [-0.1, -0.05) is 47.5 Å². The quantitative estimate of drug-likeness (QED) is 0.646. The first-order valence-corrected chi connectivity index (χ1v) is 6.70. The summed E-state index contributed by atoms with van der Waals surface area (Å²) in [6.07, 6.45) is 0. The molecule has 2 aromatic rings. The number of hydrogen-bond donors (Lipinski definition) is 0. The summed E-state index contributed by atoms with van der Waals surface area (Å²) in [5.74, 6) is 0. The lowest BCUT2D eigenvalue weighted by Gasteiger charge is -2.14. The molecule has 0 aliphatic rings. The van der Waals surface area contributed by atoms with Gasteiger partial charge in [0.05, 0.1) is 5.38 Å². The first-order valence-electron chi connectivity index (χ1n) is 6.27. The van der Waals surface area contributed by atoms with Crippen LogP contribution in [0.3, 0.4) is 0 Å². The topological polar surface area (TPSA) is 0 Å². The van der Waals surface area contributed by atoms with Crippen LogP contribution >= 0.6 is 11.6 Å². The Labute approximate surface area is 115 Å². The van der Waals surface area contributed by atoms with E-state index in [1.807, 2.05) is 0 Å². The number of aryl methyl sites for hydroxylation is 4. The summed E-state index contributed by atoms with van der Waals surface area (Å²) in [6, 6.07) is 13.0. The van der Waals surface area contributed by atoms with E-state index >= 15 is 0 Å². The molecule has 0 amide bonds. The number of hydrogen-bond acceptors (Lipinski definition) is 0. The molecule has 0 fully saturated rings. The van der Waals surface area contributed by atoms with Gasteiger partial charge in [-0.3, -0.25) is 0 Å². The van der Waals surface area contributed by atoms with Crippen LogP contribution in [0.1, 0.15) is 38.8 Å². The molecular formula is C17H19Cl. The number of halogens is 1. The van der Waals surface area contributed by atoms with Crippen LogP contribution in [0.15, 0.2) is 36.4 Å². The lowest BCUT2D eigenvalue weighted by atomic mass is 9.98. The van der Waals surface area contributed by atoms with E-state index in [0.29, 0.717) is 0 Å². The molecule has 0 nitrogen and oxygen atoms in total. The van der Waals surface area contributed by atoms with Gasteiger partial charge in [-0.15, -0.1) is 11.6 Å². The smallest absolute Gasteiger partial charge is 0.0835 e. The lowest BCUT2D eigenvalue weighted by Crippen LogP contribution is -1.96. The molecule has 0 saturated heterocycles. The van der Waals surface area contributed by atoms with Crippen molar-refractivity contribution in [3.63, 3.8) is 0 Å². The maximum Gasteiger partial charge on any atom is 0.0835 e. The fourth-order valence-electron chi connectivity index (χ4n) is 2.27. The third-order valence-corrected chi connectivity index (χ3v) is 3.86. The van der Waals surface area contributed by atoms with Gasteiger partial charge in [-0.05, 0) is 49.9 Å². The maximum atomic E-state index is 6.60. The second kappa shape index (κ2) is 5.16. The van der Waals surface area contributed by atoms with Crippen molar-refractivity contribution in [2.75, 3.05) is 0 Å². The maximum absolute atomic E-state index is 6.60. The number of alkyl halides is 1. The molecule has 2 aromatic carbocycles. The Morgan fingerprint density at radius 3 is 1.89 bits per heavy atom. The van der Waals surface area contributed by atoms with Crippen LogP contribution in [-0.4, -0.2) is 0 Å². The van der Waals surface area contributed by atoms with E-state index in [2.05, 4.69) is 64.1 Å². The fourth-order valence-corrected chi connectivity index (χ4v) is 2.53. The second-order valence-corrected chi connectivity index (χ2v) is 5.56. The van der Waals surface area contributed by atoms with Crippen molar-refractivity contribution in [3.8, 4) is 0 Å². The number of benzene rings is 2. The summed E-state index contributed by atoms with van der Waals surface area (Å²) in [5.41, 5.74) is 7.48. The largest absolute Gasteiger partial charge is 0.113 e. The fraction of sp³-hybridized carbons (Fsp3) is 0.294. The van der Waals surface area contributed by atoms with E-state index in [9.17, 15) is 0 Å². The predicted octanol–water partition coefficient (Wildman–Crippen LogP) is 5.25.